The number of urea groups is 1. The molecule has 1 aromatic carbocycles. The summed E-state index contributed by atoms with van der Waals surface area (Å²) in [5, 5.41) is 8.75. The molecular weight excluding hydrogens is 278 g/mol. The van der Waals surface area contributed by atoms with E-state index in [9.17, 15) is 9.59 Å². The number of anilines is 2. The molecule has 5 heteroatoms. The predicted octanol–water partition coefficient (Wildman–Crippen LogP) is 3.49. The number of nitrogens with one attached hydrogen (secondary N) is 3. The SMILES string of the molecule is O=C(Nc1cccc(NC(=O)C2CC2)c1)NC1CCCCC1. The highest BCUT2D eigenvalue weighted by molar-refractivity contribution is 5.95. The van der Waals surface area contributed by atoms with Crippen LogP contribution in [0.15, 0.2) is 24.3 Å². The number of amides is 3. The first-order valence-electron chi connectivity index (χ1n) is 8.19. The second kappa shape index (κ2) is 6.81. The molecule has 3 amide bonds. The third-order valence-corrected chi connectivity index (χ3v) is 4.28. The minimum Gasteiger partial charge on any atom is -0.335 e. The maximum Gasteiger partial charge on any atom is 0.319 e. The minimum atomic E-state index is -0.169. The van der Waals surface area contributed by atoms with Crippen molar-refractivity contribution in [1.29, 1.82) is 0 Å². The average Bonchev–Trinajstić information content (AvgIpc) is 3.33. The van der Waals surface area contributed by atoms with Crippen LogP contribution in [0.5, 0.6) is 0 Å². The van der Waals surface area contributed by atoms with E-state index in [-0.39, 0.29) is 23.9 Å². The molecule has 0 saturated heterocycles. The molecule has 0 atom stereocenters. The van der Waals surface area contributed by atoms with Gasteiger partial charge >= 0.3 is 6.03 Å². The fourth-order valence-electron chi connectivity index (χ4n) is 2.86. The van der Waals surface area contributed by atoms with Gasteiger partial charge in [0.1, 0.15) is 0 Å². The van der Waals surface area contributed by atoms with Crippen molar-refractivity contribution in [1.82, 2.24) is 5.32 Å². The molecule has 3 rings (SSSR count). The van der Waals surface area contributed by atoms with Crippen molar-refractivity contribution in [3.63, 3.8) is 0 Å². The van der Waals surface area contributed by atoms with Crippen molar-refractivity contribution >= 4 is 23.3 Å². The third-order valence-electron chi connectivity index (χ3n) is 4.28. The summed E-state index contributed by atoms with van der Waals surface area (Å²) >= 11 is 0. The maximum atomic E-state index is 12.0. The maximum absolute atomic E-state index is 12.0. The molecule has 0 aromatic heterocycles. The van der Waals surface area contributed by atoms with Crippen LogP contribution in [0.2, 0.25) is 0 Å². The van der Waals surface area contributed by atoms with E-state index >= 15 is 0 Å². The van der Waals surface area contributed by atoms with E-state index in [0.717, 1.165) is 31.4 Å². The summed E-state index contributed by atoms with van der Waals surface area (Å²) in [4.78, 5) is 23.8. The van der Waals surface area contributed by atoms with Crippen molar-refractivity contribution in [2.75, 3.05) is 10.6 Å². The Kier molecular flexibility index (Phi) is 4.61. The lowest BCUT2D eigenvalue weighted by molar-refractivity contribution is -0.117. The van der Waals surface area contributed by atoms with Gasteiger partial charge in [0.25, 0.3) is 0 Å². The Morgan fingerprint density at radius 1 is 0.909 bits per heavy atom. The second-order valence-corrected chi connectivity index (χ2v) is 6.28. The summed E-state index contributed by atoms with van der Waals surface area (Å²) in [6.45, 7) is 0. The quantitative estimate of drug-likeness (QED) is 0.796. The van der Waals surface area contributed by atoms with Crippen LogP contribution in [0, 0.1) is 5.92 Å². The summed E-state index contributed by atoms with van der Waals surface area (Å²) in [5.74, 6) is 0.245. The monoisotopic (exact) mass is 301 g/mol. The number of rotatable bonds is 4. The van der Waals surface area contributed by atoms with Gasteiger partial charge in [0.15, 0.2) is 0 Å². The topological polar surface area (TPSA) is 70.2 Å². The molecule has 0 radical (unpaired) electrons. The molecule has 1 aromatic rings. The van der Waals surface area contributed by atoms with Crippen LogP contribution in [0.3, 0.4) is 0 Å². The van der Waals surface area contributed by atoms with Crippen LogP contribution in [-0.2, 0) is 4.79 Å². The van der Waals surface area contributed by atoms with Crippen molar-refractivity contribution < 1.29 is 9.59 Å². The van der Waals surface area contributed by atoms with Gasteiger partial charge in [-0.2, -0.15) is 0 Å². The van der Waals surface area contributed by atoms with E-state index in [2.05, 4.69) is 16.0 Å². The molecule has 0 heterocycles. The highest BCUT2D eigenvalue weighted by Gasteiger charge is 2.29. The van der Waals surface area contributed by atoms with Gasteiger partial charge in [0, 0.05) is 23.3 Å². The van der Waals surface area contributed by atoms with Crippen molar-refractivity contribution in [2.45, 2.75) is 51.0 Å². The minimum absolute atomic E-state index is 0.0730. The highest BCUT2D eigenvalue weighted by atomic mass is 16.2. The molecule has 118 valence electrons. The molecule has 0 aliphatic heterocycles. The van der Waals surface area contributed by atoms with Crippen LogP contribution in [-0.4, -0.2) is 18.0 Å². The lowest BCUT2D eigenvalue weighted by atomic mass is 9.96. The first-order valence-corrected chi connectivity index (χ1v) is 8.19. The zero-order valence-electron chi connectivity index (χ0n) is 12.7. The first kappa shape index (κ1) is 14.9. The van der Waals surface area contributed by atoms with Crippen molar-refractivity contribution in [2.24, 2.45) is 5.92 Å². The Bertz CT molecular complexity index is 549. The van der Waals surface area contributed by atoms with E-state index in [1.807, 2.05) is 18.2 Å². The summed E-state index contributed by atoms with van der Waals surface area (Å²) in [5.41, 5.74) is 1.43. The lowest BCUT2D eigenvalue weighted by Gasteiger charge is -2.22. The van der Waals surface area contributed by atoms with E-state index in [1.165, 1.54) is 19.3 Å². The van der Waals surface area contributed by atoms with Crippen molar-refractivity contribution in [3.8, 4) is 0 Å². The Balaban J connectivity index is 1.52. The van der Waals surface area contributed by atoms with Gasteiger partial charge in [0.05, 0.1) is 0 Å². The number of carbonyl (C=O) groups excluding carboxylic acids is 2. The summed E-state index contributed by atoms with van der Waals surface area (Å²) < 4.78 is 0. The van der Waals surface area contributed by atoms with Crippen LogP contribution in [0.4, 0.5) is 16.2 Å². The summed E-state index contributed by atoms with van der Waals surface area (Å²) in [6, 6.07) is 7.40. The van der Waals surface area contributed by atoms with Crippen molar-refractivity contribution in [3.05, 3.63) is 24.3 Å². The Labute approximate surface area is 130 Å². The Morgan fingerprint density at radius 3 is 2.27 bits per heavy atom. The van der Waals surface area contributed by atoms with E-state index in [1.54, 1.807) is 6.07 Å². The molecule has 2 fully saturated rings. The standard InChI is InChI=1S/C17H23N3O2/c21-16(12-9-10-12)18-14-7-4-8-15(11-14)20-17(22)19-13-5-2-1-3-6-13/h4,7-8,11-13H,1-3,5-6,9-10H2,(H,18,21)(H2,19,20,22). The van der Waals surface area contributed by atoms with Gasteiger partial charge in [-0.25, -0.2) is 4.79 Å². The van der Waals surface area contributed by atoms with E-state index in [4.69, 9.17) is 0 Å². The number of hydrogen-bond donors (Lipinski definition) is 3. The van der Waals surface area contributed by atoms with Gasteiger partial charge in [-0.3, -0.25) is 4.79 Å². The molecule has 22 heavy (non-hydrogen) atoms. The van der Waals surface area contributed by atoms with E-state index in [0.29, 0.717) is 5.69 Å². The zero-order valence-corrected chi connectivity index (χ0v) is 12.7. The molecule has 2 saturated carbocycles. The normalized spacial score (nSPS) is 18.5. The zero-order chi connectivity index (χ0) is 15.4. The van der Waals surface area contributed by atoms with Gasteiger partial charge in [-0.1, -0.05) is 25.3 Å². The van der Waals surface area contributed by atoms with Crippen LogP contribution < -0.4 is 16.0 Å². The van der Waals surface area contributed by atoms with Crippen LogP contribution in [0.25, 0.3) is 0 Å². The molecule has 5 nitrogen and oxygen atoms in total. The lowest BCUT2D eigenvalue weighted by Crippen LogP contribution is -2.39. The molecule has 2 aliphatic rings. The first-order chi connectivity index (χ1) is 10.7. The van der Waals surface area contributed by atoms with Gasteiger partial charge in [0.2, 0.25) is 5.91 Å². The molecule has 0 unspecified atom stereocenters. The fraction of sp³-hybridized carbons (Fsp3) is 0.529. The van der Waals surface area contributed by atoms with Gasteiger partial charge in [-0.05, 0) is 43.9 Å². The molecule has 2 aliphatic carbocycles. The Hall–Kier alpha value is -2.04. The summed E-state index contributed by atoms with van der Waals surface area (Å²) in [7, 11) is 0. The number of hydrogen-bond acceptors (Lipinski definition) is 2. The molecular formula is C17H23N3O2. The second-order valence-electron chi connectivity index (χ2n) is 6.28. The largest absolute Gasteiger partial charge is 0.335 e. The highest BCUT2D eigenvalue weighted by Crippen LogP contribution is 2.30. The van der Waals surface area contributed by atoms with Gasteiger partial charge in [-0.15, -0.1) is 0 Å². The fourth-order valence-corrected chi connectivity index (χ4v) is 2.86. The number of carbonyl (C=O) groups is 2. The molecule has 3 N–H and O–H groups in total. The van der Waals surface area contributed by atoms with Crippen LogP contribution in [0.1, 0.15) is 44.9 Å². The Morgan fingerprint density at radius 2 is 1.59 bits per heavy atom. The van der Waals surface area contributed by atoms with Crippen LogP contribution >= 0.6 is 0 Å². The van der Waals surface area contributed by atoms with Gasteiger partial charge < -0.3 is 16.0 Å². The van der Waals surface area contributed by atoms with E-state index < -0.39 is 0 Å². The summed E-state index contributed by atoms with van der Waals surface area (Å²) in [6.07, 6.45) is 7.72. The number of benzene rings is 1. The average molecular weight is 301 g/mol. The predicted molar refractivity (Wildman–Crippen MR) is 86.8 cm³/mol. The molecule has 0 spiro atoms. The smallest absolute Gasteiger partial charge is 0.319 e. The molecule has 0 bridgehead atoms. The third kappa shape index (κ3) is 4.23.